The van der Waals surface area contributed by atoms with Gasteiger partial charge in [-0.3, -0.25) is 0 Å². The number of nitrogens with one attached hydrogen (secondary N) is 1. The molecule has 17 heavy (non-hydrogen) atoms. The highest BCUT2D eigenvalue weighted by Gasteiger charge is 2.23. The average Bonchev–Trinajstić information content (AvgIpc) is 2.36. The van der Waals surface area contributed by atoms with E-state index in [0.717, 1.165) is 4.47 Å². The van der Waals surface area contributed by atoms with Crippen molar-refractivity contribution >= 4 is 15.9 Å². The highest BCUT2D eigenvalue weighted by Crippen LogP contribution is 2.23. The second-order valence-corrected chi connectivity index (χ2v) is 5.61. The molecule has 1 rings (SSSR count). The third-order valence-corrected chi connectivity index (χ3v) is 3.69. The summed E-state index contributed by atoms with van der Waals surface area (Å²) in [6, 6.07) is 8.20. The van der Waals surface area contributed by atoms with E-state index >= 15 is 0 Å². The molecule has 0 aliphatic rings. The zero-order valence-corrected chi connectivity index (χ0v) is 11.9. The monoisotopic (exact) mass is 301 g/mol. The number of halogens is 1. The third-order valence-electron chi connectivity index (χ3n) is 2.97. The van der Waals surface area contributed by atoms with Gasteiger partial charge in [0.05, 0.1) is 13.2 Å². The van der Waals surface area contributed by atoms with Crippen LogP contribution in [-0.2, 0) is 0 Å². The Morgan fingerprint density at radius 3 is 2.41 bits per heavy atom. The van der Waals surface area contributed by atoms with Gasteiger partial charge in [-0.05, 0) is 18.6 Å². The summed E-state index contributed by atoms with van der Waals surface area (Å²) in [7, 11) is 0. The summed E-state index contributed by atoms with van der Waals surface area (Å²) >= 11 is 3.51. The standard InChI is InChI=1S/C13H20BrNO2/c1-10(11-5-3-4-6-12(11)14)15-7-13(2,8-16)9-17/h3-6,10,15-17H,7-9H2,1-2H3/t10-/m0/s1. The Labute approximate surface area is 111 Å². The van der Waals surface area contributed by atoms with E-state index < -0.39 is 5.41 Å². The van der Waals surface area contributed by atoms with Gasteiger partial charge in [0.2, 0.25) is 0 Å². The lowest BCUT2D eigenvalue weighted by atomic mass is 9.92. The molecule has 3 N–H and O–H groups in total. The minimum atomic E-state index is -0.477. The van der Waals surface area contributed by atoms with E-state index in [4.69, 9.17) is 0 Å². The lowest BCUT2D eigenvalue weighted by Crippen LogP contribution is -2.38. The normalized spacial score (nSPS) is 13.7. The first-order valence-electron chi connectivity index (χ1n) is 5.72. The molecular formula is C13H20BrNO2. The molecule has 96 valence electrons. The predicted molar refractivity (Wildman–Crippen MR) is 72.8 cm³/mol. The van der Waals surface area contributed by atoms with Crippen LogP contribution < -0.4 is 5.32 Å². The molecule has 4 heteroatoms. The van der Waals surface area contributed by atoms with E-state index in [1.807, 2.05) is 25.1 Å². The van der Waals surface area contributed by atoms with E-state index in [1.165, 1.54) is 5.56 Å². The van der Waals surface area contributed by atoms with Crippen molar-refractivity contribution in [1.82, 2.24) is 5.32 Å². The van der Waals surface area contributed by atoms with Crippen LogP contribution in [0.25, 0.3) is 0 Å². The molecule has 3 nitrogen and oxygen atoms in total. The van der Waals surface area contributed by atoms with E-state index in [9.17, 15) is 10.2 Å². The Bertz CT molecular complexity index is 353. The first-order chi connectivity index (χ1) is 8.02. The molecule has 0 heterocycles. The van der Waals surface area contributed by atoms with Crippen LogP contribution in [0.1, 0.15) is 25.5 Å². The van der Waals surface area contributed by atoms with Crippen molar-refractivity contribution in [3.05, 3.63) is 34.3 Å². The van der Waals surface area contributed by atoms with Crippen LogP contribution in [0.4, 0.5) is 0 Å². The van der Waals surface area contributed by atoms with Gasteiger partial charge >= 0.3 is 0 Å². The fraction of sp³-hybridized carbons (Fsp3) is 0.538. The van der Waals surface area contributed by atoms with Crippen LogP contribution in [-0.4, -0.2) is 30.0 Å². The molecule has 0 aliphatic carbocycles. The Morgan fingerprint density at radius 1 is 1.29 bits per heavy atom. The summed E-state index contributed by atoms with van der Waals surface area (Å²) in [5, 5.41) is 21.8. The first kappa shape index (κ1) is 14.6. The molecule has 1 aromatic rings. The van der Waals surface area contributed by atoms with Crippen molar-refractivity contribution in [1.29, 1.82) is 0 Å². The third kappa shape index (κ3) is 4.07. The minimum Gasteiger partial charge on any atom is -0.396 e. The molecule has 1 aromatic carbocycles. The van der Waals surface area contributed by atoms with Gasteiger partial charge in [0.15, 0.2) is 0 Å². The lowest BCUT2D eigenvalue weighted by molar-refractivity contribution is 0.0677. The zero-order valence-electron chi connectivity index (χ0n) is 10.3. The molecule has 0 aliphatic heterocycles. The van der Waals surface area contributed by atoms with Gasteiger partial charge in [-0.1, -0.05) is 41.1 Å². The topological polar surface area (TPSA) is 52.5 Å². The van der Waals surface area contributed by atoms with Crippen LogP contribution in [0.2, 0.25) is 0 Å². The van der Waals surface area contributed by atoms with E-state index in [1.54, 1.807) is 0 Å². The molecule has 0 saturated heterocycles. The molecular weight excluding hydrogens is 282 g/mol. The minimum absolute atomic E-state index is 0.0286. The van der Waals surface area contributed by atoms with Crippen LogP contribution in [0.15, 0.2) is 28.7 Å². The summed E-state index contributed by atoms with van der Waals surface area (Å²) in [5.41, 5.74) is 0.695. The lowest BCUT2D eigenvalue weighted by Gasteiger charge is -2.27. The SMILES string of the molecule is C[C@H](NCC(C)(CO)CO)c1ccccc1Br. The smallest absolute Gasteiger partial charge is 0.0519 e. The number of benzene rings is 1. The molecule has 1 atom stereocenters. The highest BCUT2D eigenvalue weighted by atomic mass is 79.9. The zero-order chi connectivity index (χ0) is 12.9. The van der Waals surface area contributed by atoms with Crippen LogP contribution in [0.5, 0.6) is 0 Å². The molecule has 0 bridgehead atoms. The van der Waals surface area contributed by atoms with Crippen molar-refractivity contribution < 1.29 is 10.2 Å². The second-order valence-electron chi connectivity index (χ2n) is 4.75. The predicted octanol–water partition coefficient (Wildman–Crippen LogP) is 2.09. The fourth-order valence-electron chi connectivity index (χ4n) is 1.50. The maximum atomic E-state index is 9.21. The van der Waals surface area contributed by atoms with Gasteiger partial charge in [0, 0.05) is 22.5 Å². The van der Waals surface area contributed by atoms with E-state index in [0.29, 0.717) is 6.54 Å². The molecule has 0 aromatic heterocycles. The van der Waals surface area contributed by atoms with Crippen LogP contribution in [0.3, 0.4) is 0 Å². The number of hydrogen-bond donors (Lipinski definition) is 3. The Kier molecular flexibility index (Phi) is 5.59. The van der Waals surface area contributed by atoms with E-state index in [2.05, 4.69) is 34.2 Å². The summed E-state index contributed by atoms with van der Waals surface area (Å²) in [4.78, 5) is 0. The second kappa shape index (κ2) is 6.50. The Hall–Kier alpha value is -0.420. The highest BCUT2D eigenvalue weighted by molar-refractivity contribution is 9.10. The fourth-order valence-corrected chi connectivity index (χ4v) is 2.13. The summed E-state index contributed by atoms with van der Waals surface area (Å²) < 4.78 is 1.06. The first-order valence-corrected chi connectivity index (χ1v) is 6.51. The van der Waals surface area contributed by atoms with Gasteiger partial charge in [0.25, 0.3) is 0 Å². The van der Waals surface area contributed by atoms with Crippen molar-refractivity contribution in [2.45, 2.75) is 19.9 Å². The number of aliphatic hydroxyl groups excluding tert-OH is 2. The summed E-state index contributed by atoms with van der Waals surface area (Å²) in [5.74, 6) is 0. The largest absolute Gasteiger partial charge is 0.396 e. The number of aliphatic hydroxyl groups is 2. The summed E-state index contributed by atoms with van der Waals surface area (Å²) in [6.07, 6.45) is 0. The van der Waals surface area contributed by atoms with Gasteiger partial charge in [-0.15, -0.1) is 0 Å². The Morgan fingerprint density at radius 2 is 1.88 bits per heavy atom. The van der Waals surface area contributed by atoms with Crippen molar-refractivity contribution in [2.75, 3.05) is 19.8 Å². The Balaban J connectivity index is 2.62. The van der Waals surface area contributed by atoms with Gasteiger partial charge in [-0.25, -0.2) is 0 Å². The van der Waals surface area contributed by atoms with Crippen LogP contribution in [0, 0.1) is 5.41 Å². The van der Waals surface area contributed by atoms with Crippen molar-refractivity contribution in [3.8, 4) is 0 Å². The molecule has 0 amide bonds. The van der Waals surface area contributed by atoms with E-state index in [-0.39, 0.29) is 19.3 Å². The number of hydrogen-bond acceptors (Lipinski definition) is 3. The van der Waals surface area contributed by atoms with Gasteiger partial charge in [-0.2, -0.15) is 0 Å². The van der Waals surface area contributed by atoms with Gasteiger partial charge in [0.1, 0.15) is 0 Å². The molecule has 0 saturated carbocycles. The molecule has 0 spiro atoms. The summed E-state index contributed by atoms with van der Waals surface area (Å²) in [6.45, 7) is 4.43. The van der Waals surface area contributed by atoms with Crippen molar-refractivity contribution in [2.24, 2.45) is 5.41 Å². The number of rotatable bonds is 6. The maximum absolute atomic E-state index is 9.21. The van der Waals surface area contributed by atoms with Crippen LogP contribution >= 0.6 is 15.9 Å². The van der Waals surface area contributed by atoms with Gasteiger partial charge < -0.3 is 15.5 Å². The molecule has 0 fully saturated rings. The maximum Gasteiger partial charge on any atom is 0.0519 e. The average molecular weight is 302 g/mol. The quantitative estimate of drug-likeness (QED) is 0.754. The molecule has 0 unspecified atom stereocenters. The van der Waals surface area contributed by atoms with Crippen molar-refractivity contribution in [3.63, 3.8) is 0 Å². The molecule has 0 radical (unpaired) electrons.